The normalized spacial score (nSPS) is 12.8. The zero-order valence-electron chi connectivity index (χ0n) is 40.9. The van der Waals surface area contributed by atoms with Gasteiger partial charge in [-0.2, -0.15) is 0 Å². The quantitative estimate of drug-likeness (QED) is 0.0529. The molecule has 71 heavy (non-hydrogen) atoms. The van der Waals surface area contributed by atoms with Gasteiger partial charge in [-0.05, 0) is 170 Å². The number of hydrogen-bond donors (Lipinski definition) is 0. The van der Waals surface area contributed by atoms with Crippen LogP contribution >= 0.6 is 90.7 Å². The summed E-state index contributed by atoms with van der Waals surface area (Å²) < 4.78 is 0. The van der Waals surface area contributed by atoms with Crippen molar-refractivity contribution in [3.8, 4) is 69.7 Å². The number of fused-ring (bicyclic) bond motifs is 3. The highest BCUT2D eigenvalue weighted by atomic mass is 32.1. The van der Waals surface area contributed by atoms with E-state index in [4.69, 9.17) is 0 Å². The van der Waals surface area contributed by atoms with Crippen LogP contribution in [0, 0.1) is 13.8 Å². The van der Waals surface area contributed by atoms with E-state index in [9.17, 15) is 0 Å². The molecule has 0 bridgehead atoms. The third-order valence-corrected chi connectivity index (χ3v) is 24.0. The van der Waals surface area contributed by atoms with Crippen molar-refractivity contribution >= 4 is 90.7 Å². The predicted molar refractivity (Wildman–Crippen MR) is 323 cm³/mol. The first-order valence-electron chi connectivity index (χ1n) is 25.8. The molecule has 362 valence electrons. The molecule has 0 spiro atoms. The molecule has 0 radical (unpaired) electrons. The largest absolute Gasteiger partial charge is 0.143 e. The minimum atomic E-state index is 0.136. The summed E-state index contributed by atoms with van der Waals surface area (Å²) in [5.74, 6) is 0. The van der Waals surface area contributed by atoms with E-state index in [-0.39, 0.29) is 5.41 Å². The molecule has 0 saturated carbocycles. The standard InChI is InChI=1S/C63H62S8/c1-43-21-25-47-48-26-22-44(2)42-50(48)63(49(47)41-43,37-13-9-5-3-7-11-17-45-23-27-55(66-45)57-33-35-61(70-57)59-31-29-53(68-59)51-19-15-39-64-51)38-14-10-6-4-8-12-18-46-24-28-56(67-46)58-34-36-62(71-58)60-32-30-54(69-60)52-20-16-40-65-52/h15-16,19-36,39-42H,3-14,17-18,37-38H2,1-2H3. The van der Waals surface area contributed by atoms with E-state index in [1.807, 2.05) is 90.7 Å². The minimum absolute atomic E-state index is 0.136. The van der Waals surface area contributed by atoms with E-state index >= 15 is 0 Å². The maximum Gasteiger partial charge on any atom is 0.0449 e. The Morgan fingerprint density at radius 1 is 0.310 bits per heavy atom. The summed E-state index contributed by atoms with van der Waals surface area (Å²) in [5.41, 5.74) is 9.16. The Balaban J connectivity index is 0.627. The zero-order chi connectivity index (χ0) is 48.0. The van der Waals surface area contributed by atoms with Crippen LogP contribution in [0.3, 0.4) is 0 Å². The van der Waals surface area contributed by atoms with Crippen molar-refractivity contribution in [3.63, 3.8) is 0 Å². The van der Waals surface area contributed by atoms with Gasteiger partial charge in [0.15, 0.2) is 0 Å². The molecule has 11 rings (SSSR count). The molecular formula is C63H62S8. The van der Waals surface area contributed by atoms with E-state index in [1.54, 1.807) is 11.1 Å². The monoisotopic (exact) mass is 1070 g/mol. The lowest BCUT2D eigenvalue weighted by atomic mass is 9.70. The molecule has 0 nitrogen and oxygen atoms in total. The topological polar surface area (TPSA) is 0 Å². The Morgan fingerprint density at radius 3 is 1.00 bits per heavy atom. The van der Waals surface area contributed by atoms with Crippen molar-refractivity contribution in [2.75, 3.05) is 0 Å². The second-order valence-electron chi connectivity index (χ2n) is 19.6. The number of benzene rings is 2. The lowest BCUT2D eigenvalue weighted by Gasteiger charge is -2.33. The van der Waals surface area contributed by atoms with E-state index in [1.165, 1.54) is 193 Å². The van der Waals surface area contributed by atoms with Crippen molar-refractivity contribution in [2.24, 2.45) is 0 Å². The summed E-state index contributed by atoms with van der Waals surface area (Å²) in [6.07, 6.45) is 20.8. The number of thiophene rings is 8. The van der Waals surface area contributed by atoms with Gasteiger partial charge in [-0.3, -0.25) is 0 Å². The van der Waals surface area contributed by atoms with Gasteiger partial charge in [0.1, 0.15) is 0 Å². The van der Waals surface area contributed by atoms with E-state index in [2.05, 4.69) is 158 Å². The summed E-state index contributed by atoms with van der Waals surface area (Å²) in [4.78, 5) is 19.7. The molecule has 0 amide bonds. The van der Waals surface area contributed by atoms with Crippen LogP contribution in [0.1, 0.15) is 122 Å². The molecule has 0 fully saturated rings. The fraction of sp³-hybridized carbons (Fsp3) is 0.302. The highest BCUT2D eigenvalue weighted by molar-refractivity contribution is 7.29. The van der Waals surface area contributed by atoms with Crippen molar-refractivity contribution in [1.82, 2.24) is 0 Å². The van der Waals surface area contributed by atoms with Crippen LogP contribution in [0.5, 0.6) is 0 Å². The SMILES string of the molecule is Cc1ccc2c(c1)C(CCCCCCCCc1ccc(-c3ccc(-c4ccc(-c5cccs5)s4)s3)s1)(CCCCCCCCc1ccc(-c3ccc(-c4ccc(-c5cccs5)s4)s3)s1)c1cc(C)ccc1-2. The van der Waals surface area contributed by atoms with Gasteiger partial charge >= 0.3 is 0 Å². The van der Waals surface area contributed by atoms with Crippen LogP contribution in [0.4, 0.5) is 0 Å². The third kappa shape index (κ3) is 11.4. The average molecular weight is 1080 g/mol. The second-order valence-corrected chi connectivity index (χ2v) is 28.1. The molecule has 0 atom stereocenters. The van der Waals surface area contributed by atoms with Crippen molar-refractivity contribution in [3.05, 3.63) is 176 Å². The highest BCUT2D eigenvalue weighted by Gasteiger charge is 2.42. The van der Waals surface area contributed by atoms with Crippen LogP contribution < -0.4 is 0 Å². The molecule has 0 saturated heterocycles. The molecule has 10 aromatic rings. The molecule has 0 N–H and O–H groups in total. The maximum absolute atomic E-state index is 2.56. The Labute approximate surface area is 454 Å². The summed E-state index contributed by atoms with van der Waals surface area (Å²) >= 11 is 15.3. The number of unbranched alkanes of at least 4 members (excludes halogenated alkanes) is 10. The van der Waals surface area contributed by atoms with Gasteiger partial charge < -0.3 is 0 Å². The molecule has 8 aromatic heterocycles. The Morgan fingerprint density at radius 2 is 0.634 bits per heavy atom. The average Bonchev–Trinajstić information content (AvgIpc) is 4.23. The first-order chi connectivity index (χ1) is 35.0. The molecule has 2 aromatic carbocycles. The van der Waals surface area contributed by atoms with E-state index in [0.29, 0.717) is 0 Å². The highest BCUT2D eigenvalue weighted by Crippen LogP contribution is 2.55. The zero-order valence-corrected chi connectivity index (χ0v) is 47.5. The Kier molecular flexibility index (Phi) is 16.0. The second kappa shape index (κ2) is 23.1. The van der Waals surface area contributed by atoms with Gasteiger partial charge in [-0.1, -0.05) is 124 Å². The molecule has 8 heterocycles. The maximum atomic E-state index is 2.56. The molecule has 0 aliphatic heterocycles. The van der Waals surface area contributed by atoms with E-state index in [0.717, 1.165) is 0 Å². The first-order valence-corrected chi connectivity index (χ1v) is 32.5. The van der Waals surface area contributed by atoms with Crippen molar-refractivity contribution < 1.29 is 0 Å². The van der Waals surface area contributed by atoms with Gasteiger partial charge in [0.2, 0.25) is 0 Å². The molecule has 8 heteroatoms. The van der Waals surface area contributed by atoms with E-state index < -0.39 is 0 Å². The summed E-state index contributed by atoms with van der Waals surface area (Å²) in [7, 11) is 0. The van der Waals surface area contributed by atoms with Gasteiger partial charge in [-0.15, -0.1) is 90.7 Å². The lowest BCUT2D eigenvalue weighted by Crippen LogP contribution is -2.25. The molecule has 0 unspecified atom stereocenters. The van der Waals surface area contributed by atoms with Crippen LogP contribution in [-0.2, 0) is 18.3 Å². The summed E-state index contributed by atoms with van der Waals surface area (Å²) in [5, 5.41) is 4.33. The Hall–Kier alpha value is -3.96. The summed E-state index contributed by atoms with van der Waals surface area (Å²) in [6, 6.07) is 51.3. The Bertz CT molecular complexity index is 3040. The minimum Gasteiger partial charge on any atom is -0.143 e. The first kappa shape index (κ1) is 49.3. The van der Waals surface area contributed by atoms with Crippen LogP contribution in [0.2, 0.25) is 0 Å². The van der Waals surface area contributed by atoms with Crippen LogP contribution in [-0.4, -0.2) is 0 Å². The lowest BCUT2D eigenvalue weighted by molar-refractivity contribution is 0.397. The molecular weight excluding hydrogens is 1010 g/mol. The van der Waals surface area contributed by atoms with Gasteiger partial charge in [0.25, 0.3) is 0 Å². The smallest absolute Gasteiger partial charge is 0.0449 e. The third-order valence-electron chi connectivity index (χ3n) is 14.5. The molecule has 1 aliphatic rings. The summed E-state index contributed by atoms with van der Waals surface area (Å²) in [6.45, 7) is 4.59. The van der Waals surface area contributed by atoms with Crippen molar-refractivity contribution in [2.45, 2.75) is 122 Å². The fourth-order valence-corrected chi connectivity index (χ4v) is 18.9. The number of hydrogen-bond acceptors (Lipinski definition) is 8. The van der Waals surface area contributed by atoms with Crippen molar-refractivity contribution in [1.29, 1.82) is 0 Å². The number of aryl methyl sites for hydroxylation is 4. The van der Waals surface area contributed by atoms with Crippen LogP contribution in [0.25, 0.3) is 69.7 Å². The fourth-order valence-electron chi connectivity index (χ4n) is 10.8. The number of rotatable bonds is 24. The van der Waals surface area contributed by atoms with Gasteiger partial charge in [0.05, 0.1) is 0 Å². The van der Waals surface area contributed by atoms with Gasteiger partial charge in [0, 0.05) is 73.7 Å². The molecule has 1 aliphatic carbocycles. The van der Waals surface area contributed by atoms with Gasteiger partial charge in [-0.25, -0.2) is 0 Å². The predicted octanol–water partition coefficient (Wildman–Crippen LogP) is 23.0. The van der Waals surface area contributed by atoms with Crippen LogP contribution in [0.15, 0.2) is 144 Å².